The van der Waals surface area contributed by atoms with Gasteiger partial charge in [-0.3, -0.25) is 19.6 Å². The van der Waals surface area contributed by atoms with Crippen molar-refractivity contribution < 1.29 is 13.5 Å². The molecule has 7 rings (SSSR count). The van der Waals surface area contributed by atoms with Gasteiger partial charge in [0.15, 0.2) is 9.84 Å². The fourth-order valence-corrected chi connectivity index (χ4v) is 8.47. The molecule has 0 amide bonds. The molecular weight excluding hydrogens is 687 g/mol. The Morgan fingerprint density at radius 3 is 1.75 bits per heavy atom. The van der Waals surface area contributed by atoms with E-state index in [1.54, 1.807) is 0 Å². The molecule has 0 bridgehead atoms. The molecule has 1 saturated heterocycles. The maximum atomic E-state index is 11.5. The Balaban J connectivity index is 0.000000158. The first-order chi connectivity index (χ1) is 24.5. The lowest BCUT2D eigenvalue weighted by Gasteiger charge is -2.40. The molecule has 0 aromatic carbocycles. The van der Waals surface area contributed by atoms with Gasteiger partial charge in [-0.2, -0.15) is 0 Å². The van der Waals surface area contributed by atoms with Crippen molar-refractivity contribution in [2.75, 3.05) is 45.1 Å². The molecule has 4 aliphatic heterocycles. The molecule has 1 atom stereocenters. The molecule has 12 nitrogen and oxygen atoms in total. The van der Waals surface area contributed by atoms with Crippen molar-refractivity contribution in [2.45, 2.75) is 150 Å². The topological polar surface area (TPSA) is 108 Å². The van der Waals surface area contributed by atoms with Crippen LogP contribution in [-0.4, -0.2) is 129 Å². The molecule has 3 aromatic rings. The zero-order chi connectivity index (χ0) is 39.4. The third kappa shape index (κ3) is 12.0. The molecule has 0 radical (unpaired) electrons. The zero-order valence-corrected chi connectivity index (χ0v) is 35.8. The SMILES string of the molecule is CC(C)(C)N1CCS(=O)(=O)C(CO)C1.CC(C)(C)N1CCn2cccc2C1.CC(C)(C)N1CCn2ccnc2C1.CC(C)(C)N1CCn2cncc2C1. The van der Waals surface area contributed by atoms with Crippen molar-refractivity contribution in [2.24, 2.45) is 0 Å². The van der Waals surface area contributed by atoms with Gasteiger partial charge in [-0.1, -0.05) is 0 Å². The number of hydrogen-bond acceptors (Lipinski definition) is 9. The van der Waals surface area contributed by atoms with Crippen molar-refractivity contribution in [3.63, 3.8) is 0 Å². The smallest absolute Gasteiger partial charge is 0.157 e. The van der Waals surface area contributed by atoms with Crippen molar-refractivity contribution in [1.82, 2.24) is 43.3 Å². The number of aliphatic hydroxyl groups is 1. The maximum Gasteiger partial charge on any atom is 0.157 e. The van der Waals surface area contributed by atoms with E-state index >= 15 is 0 Å². The molecule has 0 saturated carbocycles. The second kappa shape index (κ2) is 17.1. The molecule has 4 aliphatic rings. The van der Waals surface area contributed by atoms with Gasteiger partial charge >= 0.3 is 0 Å². The monoisotopic (exact) mass is 758 g/mol. The fraction of sp³-hybridized carbons (Fsp3) is 0.750. The van der Waals surface area contributed by atoms with E-state index in [2.05, 4.69) is 151 Å². The number of hydrogen-bond donors (Lipinski definition) is 1. The highest BCUT2D eigenvalue weighted by Crippen LogP contribution is 2.23. The van der Waals surface area contributed by atoms with Crippen LogP contribution in [0.4, 0.5) is 0 Å². The Kier molecular flexibility index (Phi) is 13.9. The Hall–Kier alpha value is -2.55. The number of nitrogens with zero attached hydrogens (tertiary/aromatic N) is 9. The summed E-state index contributed by atoms with van der Waals surface area (Å²) in [6.45, 7) is 37.2. The van der Waals surface area contributed by atoms with Crippen LogP contribution in [0.25, 0.3) is 0 Å². The molecule has 1 fully saturated rings. The van der Waals surface area contributed by atoms with Crippen LogP contribution in [0, 0.1) is 0 Å². The predicted octanol–water partition coefficient (Wildman–Crippen LogP) is 4.97. The maximum absolute atomic E-state index is 11.5. The van der Waals surface area contributed by atoms with E-state index in [9.17, 15) is 8.42 Å². The summed E-state index contributed by atoms with van der Waals surface area (Å²) in [6, 6.07) is 4.36. The third-order valence-corrected chi connectivity index (χ3v) is 13.0. The van der Waals surface area contributed by atoms with E-state index in [1.807, 2.05) is 18.7 Å². The quantitative estimate of drug-likeness (QED) is 0.368. The molecule has 1 N–H and O–H groups in total. The fourth-order valence-electron chi connectivity index (χ4n) is 7.02. The van der Waals surface area contributed by atoms with Gasteiger partial charge in [0, 0.05) is 118 Å². The van der Waals surface area contributed by atoms with Gasteiger partial charge in [-0.05, 0) is 95.2 Å². The number of sulfone groups is 1. The zero-order valence-electron chi connectivity index (χ0n) is 35.0. The summed E-state index contributed by atoms with van der Waals surface area (Å²) in [4.78, 5) is 18.1. The third-order valence-electron chi connectivity index (χ3n) is 11.0. The first-order valence-electron chi connectivity index (χ1n) is 19.4. The van der Waals surface area contributed by atoms with Crippen LogP contribution in [0.3, 0.4) is 0 Å². The number of aromatic nitrogens is 5. The summed E-state index contributed by atoms with van der Waals surface area (Å²) in [5.41, 5.74) is 3.59. The predicted molar refractivity (Wildman–Crippen MR) is 215 cm³/mol. The minimum Gasteiger partial charge on any atom is -0.395 e. The average molecular weight is 758 g/mol. The minimum absolute atomic E-state index is 0.0244. The Bertz CT molecular complexity index is 1530. The lowest BCUT2D eigenvalue weighted by molar-refractivity contribution is 0.100. The lowest BCUT2D eigenvalue weighted by Crippen LogP contribution is -2.54. The number of imidazole rings is 2. The second-order valence-corrected chi connectivity index (χ2v) is 21.3. The van der Waals surface area contributed by atoms with Crippen molar-refractivity contribution in [1.29, 1.82) is 0 Å². The standard InChI is InChI=1S/C11H18N2.2C10H17N3.C9H19NO3S/c1-11(2,3)13-8-7-12-6-4-5-10(12)9-13;1-10(2,3)13-5-4-12-8-11-6-9(12)7-13;1-10(2,3)13-7-6-12-5-4-11-9(12)8-13;1-9(2,3)10-4-5-14(12,13)8(6-10)7-11/h4-6H,7-9H2,1-3H3;6,8H,4-5,7H2,1-3H3;4-5H,6-8H2,1-3H3;8,11H,4-7H2,1-3H3. The number of fused-ring (bicyclic) bond motifs is 3. The average Bonchev–Trinajstić information content (AvgIpc) is 3.83. The summed E-state index contributed by atoms with van der Waals surface area (Å²) in [5.74, 6) is 1.36. The molecule has 0 aliphatic carbocycles. The van der Waals surface area contributed by atoms with Crippen LogP contribution >= 0.6 is 0 Å². The normalized spacial score (nSPS) is 21.4. The molecular formula is C40H71N9O3S. The first-order valence-corrected chi connectivity index (χ1v) is 21.2. The van der Waals surface area contributed by atoms with E-state index in [4.69, 9.17) is 5.11 Å². The second-order valence-electron chi connectivity index (χ2n) is 18.9. The highest BCUT2D eigenvalue weighted by molar-refractivity contribution is 7.92. The molecule has 53 heavy (non-hydrogen) atoms. The van der Waals surface area contributed by atoms with Crippen LogP contribution in [0.15, 0.2) is 43.2 Å². The van der Waals surface area contributed by atoms with Crippen molar-refractivity contribution >= 4 is 9.84 Å². The molecule has 7 heterocycles. The summed E-state index contributed by atoms with van der Waals surface area (Å²) in [6.07, 6.45) is 10.0. The van der Waals surface area contributed by atoms with E-state index in [0.29, 0.717) is 18.6 Å². The largest absolute Gasteiger partial charge is 0.395 e. The van der Waals surface area contributed by atoms with E-state index < -0.39 is 15.1 Å². The lowest BCUT2D eigenvalue weighted by atomic mass is 10.0. The highest BCUT2D eigenvalue weighted by atomic mass is 32.2. The van der Waals surface area contributed by atoms with Gasteiger partial charge in [-0.25, -0.2) is 18.4 Å². The summed E-state index contributed by atoms with van der Waals surface area (Å²) >= 11 is 0. The number of rotatable bonds is 1. The molecule has 0 spiro atoms. The van der Waals surface area contributed by atoms with Crippen LogP contribution in [0.1, 0.15) is 100 Å². The summed E-state index contributed by atoms with van der Waals surface area (Å²) in [5, 5.41) is 8.40. The highest BCUT2D eigenvalue weighted by Gasteiger charge is 2.36. The van der Waals surface area contributed by atoms with E-state index in [0.717, 1.165) is 52.4 Å². The van der Waals surface area contributed by atoms with Crippen LogP contribution < -0.4 is 0 Å². The van der Waals surface area contributed by atoms with Crippen molar-refractivity contribution in [3.8, 4) is 0 Å². The molecule has 300 valence electrons. The van der Waals surface area contributed by atoms with Gasteiger partial charge in [0.2, 0.25) is 0 Å². The molecule has 3 aromatic heterocycles. The van der Waals surface area contributed by atoms with Gasteiger partial charge in [0.1, 0.15) is 5.82 Å². The Morgan fingerprint density at radius 1 is 0.660 bits per heavy atom. The van der Waals surface area contributed by atoms with Crippen molar-refractivity contribution in [3.05, 3.63) is 60.5 Å². The van der Waals surface area contributed by atoms with Gasteiger partial charge in [-0.15, -0.1) is 0 Å². The summed E-state index contributed by atoms with van der Waals surface area (Å²) < 4.78 is 29.8. The van der Waals surface area contributed by atoms with Crippen LogP contribution in [0.5, 0.6) is 0 Å². The minimum atomic E-state index is -3.06. The van der Waals surface area contributed by atoms with Gasteiger partial charge in [0.05, 0.1) is 36.2 Å². The van der Waals surface area contributed by atoms with Crippen LogP contribution in [0.2, 0.25) is 0 Å². The Morgan fingerprint density at radius 2 is 1.19 bits per heavy atom. The van der Waals surface area contributed by atoms with Crippen LogP contribution in [-0.2, 0) is 49.1 Å². The summed E-state index contributed by atoms with van der Waals surface area (Å²) in [7, 11) is -3.06. The molecule has 13 heteroatoms. The van der Waals surface area contributed by atoms with Gasteiger partial charge < -0.3 is 18.8 Å². The van der Waals surface area contributed by atoms with Gasteiger partial charge in [0.25, 0.3) is 0 Å². The van der Waals surface area contributed by atoms with E-state index in [1.165, 1.54) is 23.8 Å². The number of aliphatic hydroxyl groups excluding tert-OH is 1. The van der Waals surface area contributed by atoms with E-state index in [-0.39, 0.29) is 29.0 Å². The first kappa shape index (κ1) is 43.2. The molecule has 1 unspecified atom stereocenters. The Labute approximate surface area is 321 Å².